The van der Waals surface area contributed by atoms with E-state index < -0.39 is 0 Å². The Morgan fingerprint density at radius 1 is 0.588 bits per heavy atom. The third kappa shape index (κ3) is 20.6. The van der Waals surface area contributed by atoms with Crippen LogP contribution in [0.3, 0.4) is 0 Å². The zero-order valence-corrected chi connectivity index (χ0v) is 64.5. The number of phenolic OH excluding ortho intramolecular Hbond substituents is 2. The Morgan fingerprint density at radius 2 is 1.21 bits per heavy atom. The summed E-state index contributed by atoms with van der Waals surface area (Å²) < 4.78 is 1.95. The number of hydrogen-bond acceptors (Lipinski definition) is 6. The van der Waals surface area contributed by atoms with E-state index >= 15 is 0 Å². The van der Waals surface area contributed by atoms with E-state index in [4.69, 9.17) is 0 Å². The maximum Gasteiger partial charge on any atom is 0.125 e. The number of nitrogens with one attached hydrogen (secondary N) is 1. The molecule has 3 aromatic heterocycles. The summed E-state index contributed by atoms with van der Waals surface area (Å²) in [5, 5.41) is 42.6. The molecule has 1 aliphatic rings. The fourth-order valence-electron chi connectivity index (χ4n) is 12.6. The van der Waals surface area contributed by atoms with Crippen molar-refractivity contribution < 1.29 is 83.7 Å². The van der Waals surface area contributed by atoms with E-state index in [1.807, 2.05) is 96.1 Å². The van der Waals surface area contributed by atoms with Crippen molar-refractivity contribution in [3.8, 4) is 50.8 Å². The molecule has 12 rings (SSSR count). The largest absolute Gasteiger partial charge is 0.810 e. The second-order valence-electron chi connectivity index (χ2n) is 27.7. The summed E-state index contributed by atoms with van der Waals surface area (Å²) in [6.07, 6.45) is 15.7. The van der Waals surface area contributed by atoms with Gasteiger partial charge < -0.3 is 20.9 Å². The van der Waals surface area contributed by atoms with Crippen molar-refractivity contribution in [1.82, 2.24) is 19.7 Å². The first-order valence-electron chi connectivity index (χ1n) is 33.5. The van der Waals surface area contributed by atoms with Crippen molar-refractivity contribution in [3.63, 3.8) is 0 Å². The zero-order valence-electron chi connectivity index (χ0n) is 58.6. The van der Waals surface area contributed by atoms with Crippen LogP contribution in [0.5, 0.6) is 11.5 Å². The average Bonchev–Trinajstić information content (AvgIpc) is 1.59. The van der Waals surface area contributed by atoms with Crippen molar-refractivity contribution in [1.29, 1.82) is 0 Å². The normalized spacial score (nSPS) is 12.9. The Labute approximate surface area is 626 Å². The van der Waals surface area contributed by atoms with E-state index in [0.29, 0.717) is 29.6 Å². The maximum absolute atomic E-state index is 10.4. The second-order valence-corrected chi connectivity index (χ2v) is 27.7. The van der Waals surface area contributed by atoms with Crippen LogP contribution in [-0.2, 0) is 85.3 Å². The molecule has 97 heavy (non-hydrogen) atoms. The second kappa shape index (κ2) is 36.8. The predicted molar refractivity (Wildman–Crippen MR) is 393 cm³/mol. The molecule has 0 spiro atoms. The van der Waals surface area contributed by atoms with Gasteiger partial charge in [-0.15, -0.1) is 23.3 Å². The number of pyridine rings is 2. The molecule has 1 aliphatic carbocycles. The van der Waals surface area contributed by atoms with Crippen LogP contribution in [0.2, 0.25) is 0 Å². The van der Waals surface area contributed by atoms with Crippen molar-refractivity contribution >= 4 is 39.1 Å². The van der Waals surface area contributed by atoms with E-state index in [-0.39, 0.29) is 95.8 Å². The Hall–Kier alpha value is -6.84. The summed E-state index contributed by atoms with van der Waals surface area (Å²) in [5.41, 5.74) is 18.9. The van der Waals surface area contributed by atoms with Crippen LogP contribution in [0, 0.1) is 23.5 Å². The molecule has 3 N–H and O–H groups in total. The van der Waals surface area contributed by atoms with Crippen LogP contribution >= 0.6 is 0 Å². The monoisotopic (exact) mass is 1650 g/mol. The van der Waals surface area contributed by atoms with E-state index in [2.05, 4.69) is 227 Å². The van der Waals surface area contributed by atoms with Crippen LogP contribution in [0.15, 0.2) is 195 Å². The van der Waals surface area contributed by atoms with Crippen LogP contribution in [0.1, 0.15) is 197 Å². The van der Waals surface area contributed by atoms with Gasteiger partial charge in [-0.25, -0.2) is 0 Å². The third-order valence-electron chi connectivity index (χ3n) is 18.3. The minimum Gasteiger partial charge on any atom is -0.810 e. The molecule has 0 amide bonds. The van der Waals surface area contributed by atoms with Gasteiger partial charge in [-0.3, -0.25) is 14.6 Å². The van der Waals surface area contributed by atoms with E-state index in [9.17, 15) is 15.6 Å². The van der Waals surface area contributed by atoms with Crippen LogP contribution < -0.4 is 5.32 Å². The number of benzene rings is 8. The molecular formula is C85H95IrN6Ni2O2Pd-3. The summed E-state index contributed by atoms with van der Waals surface area (Å²) in [7, 11) is 0. The zero-order chi connectivity index (χ0) is 66.6. The van der Waals surface area contributed by atoms with Gasteiger partial charge in [0.1, 0.15) is 11.5 Å². The van der Waals surface area contributed by atoms with Gasteiger partial charge in [0.05, 0.1) is 17.6 Å². The summed E-state index contributed by atoms with van der Waals surface area (Å²) in [6, 6.07) is 64.3. The minimum absolute atomic E-state index is 0. The third-order valence-corrected chi connectivity index (χ3v) is 18.3. The average molecular weight is 1650 g/mol. The fraction of sp³-hybridized carbons (Fsp3) is 0.318. The van der Waals surface area contributed by atoms with Crippen molar-refractivity contribution in [2.45, 2.75) is 165 Å². The molecule has 3 heterocycles. The number of hydrogen-bond donors (Lipinski definition) is 3. The number of phenols is 2. The van der Waals surface area contributed by atoms with Gasteiger partial charge in [0, 0.05) is 114 Å². The molecule has 0 saturated carbocycles. The first kappa shape index (κ1) is 80.8. The fourth-order valence-corrected chi connectivity index (χ4v) is 12.6. The van der Waals surface area contributed by atoms with Gasteiger partial charge in [-0.05, 0) is 175 Å². The van der Waals surface area contributed by atoms with E-state index in [1.165, 1.54) is 56.3 Å². The molecule has 4 atom stereocenters. The molecule has 0 saturated heterocycles. The Morgan fingerprint density at radius 3 is 1.88 bits per heavy atom. The number of aromatic hydroxyl groups is 2. The number of anilines is 2. The van der Waals surface area contributed by atoms with Gasteiger partial charge in [0.25, 0.3) is 0 Å². The van der Waals surface area contributed by atoms with Crippen LogP contribution in [-0.4, -0.2) is 36.2 Å². The topological polar surface area (TPSA) is 118 Å². The number of fused-ring (bicyclic) bond motifs is 5. The van der Waals surface area contributed by atoms with Crippen molar-refractivity contribution in [2.24, 2.45) is 11.3 Å². The predicted octanol–water partition coefficient (Wildman–Crippen LogP) is 23.1. The number of aromatic nitrogens is 4. The van der Waals surface area contributed by atoms with Crippen molar-refractivity contribution in [2.75, 3.05) is 5.32 Å². The molecule has 0 aliphatic heterocycles. The van der Waals surface area contributed by atoms with Crippen LogP contribution in [0.4, 0.5) is 11.4 Å². The van der Waals surface area contributed by atoms with Gasteiger partial charge in [0.2, 0.25) is 0 Å². The van der Waals surface area contributed by atoms with E-state index in [0.717, 1.165) is 105 Å². The van der Waals surface area contributed by atoms with Gasteiger partial charge >= 0.3 is 0 Å². The molecular weight excluding hydrogens is 1550 g/mol. The molecule has 11 aromatic rings. The van der Waals surface area contributed by atoms with Crippen LogP contribution in [0.25, 0.3) is 66.3 Å². The maximum atomic E-state index is 10.4. The van der Waals surface area contributed by atoms with Crippen molar-refractivity contribution in [3.05, 3.63) is 257 Å². The number of rotatable bonds is 17. The Bertz CT molecular complexity index is 4350. The first-order chi connectivity index (χ1) is 44.6. The number of nitrogens with zero attached hydrogens (tertiary/aromatic N) is 5. The standard InChI is InChI=1S/C22H23N2.C22H28N2.C21H23NO.C20H21NO.Ir.2Ni.Pd/c1-5-15(2)16-13-23-24(14-16)17-10-11-21-19(12-17)18-8-6-7-9-20(18)22(21,3)4;1-5-8-17(4)19-11-12-22(20(13-19)15-23)24-21-10-7-9-18(14-21)16(3)6-2;1-14(2)10-15(3)16-8-9-22-20(12-16)19-11-17-6-4-5-7-18(17)13-21(19)23;1-20(2,3)12-14-8-9-19(22)17(10-14)18-11-15-6-4-5-7-16(15)13-21-18;;;;/h6-9,11-15H,5H2,1-4H3;7,9,11-17,24H,5-6,8H2,1-4H3;4-9,11-15,23H,10H2,1-3H3;4-11,13,22H,12H2,1-3H3;;;;/q-1;-2;;;;;;. The Balaban J connectivity index is 0.000000231. The summed E-state index contributed by atoms with van der Waals surface area (Å²) >= 11 is 0. The van der Waals surface area contributed by atoms with Gasteiger partial charge in [0.15, 0.2) is 0 Å². The molecule has 4 unspecified atom stereocenters. The minimum atomic E-state index is 0. The SMILES string of the molecule is CC(C)(C)Cc1ccc(O)c(-c2cc3ccccc3cn2)c1.CC(C)CC(C)c1ccnc(-c2cc3ccccc3cc2O)c1.CCC(C)c1cnn(-c2[c-]cc3c(c2)-c2ccccc2C3(C)C)c1.CCCC(C)c1ccc(Nc2[c-]ccc(C(C)CC)c2)c(C=[N-])c1.[Ir].[Ni].[Ni].[Pd]. The smallest absolute Gasteiger partial charge is 0.125 e. The molecule has 519 valence electrons. The molecule has 8 nitrogen and oxygen atoms in total. The first-order valence-corrected chi connectivity index (χ1v) is 33.5. The summed E-state index contributed by atoms with van der Waals surface area (Å²) in [4.78, 5) is 8.99. The summed E-state index contributed by atoms with van der Waals surface area (Å²) in [5.74, 6) is 3.28. The van der Waals surface area contributed by atoms with E-state index in [1.54, 1.807) is 6.07 Å². The van der Waals surface area contributed by atoms with Gasteiger partial charge in [-0.1, -0.05) is 206 Å². The molecule has 0 fully saturated rings. The summed E-state index contributed by atoms with van der Waals surface area (Å²) in [6.45, 7) is 31.3. The molecule has 12 heteroatoms. The van der Waals surface area contributed by atoms with Gasteiger partial charge in [-0.2, -0.15) is 47.2 Å². The Kier molecular flexibility index (Phi) is 30.7. The molecule has 8 aromatic carbocycles. The molecule has 1 radical (unpaired) electrons. The quantitative estimate of drug-likeness (QED) is 0.0475. The molecule has 0 bridgehead atoms.